The number of carboxylic acids is 1. The average Bonchev–Trinajstić information content (AvgIpc) is 2.93. The fourth-order valence-electron chi connectivity index (χ4n) is 2.15. The van der Waals surface area contributed by atoms with Gasteiger partial charge in [-0.15, -0.1) is 0 Å². The van der Waals surface area contributed by atoms with Gasteiger partial charge in [-0.2, -0.15) is 5.10 Å². The lowest BCUT2D eigenvalue weighted by Crippen LogP contribution is -2.14. The number of carboxylic acid groups (broad SMARTS) is 1. The molecule has 0 atom stereocenters. The summed E-state index contributed by atoms with van der Waals surface area (Å²) in [7, 11) is -3.88. The summed E-state index contributed by atoms with van der Waals surface area (Å²) in [5.74, 6) is -1.20. The number of hydrogen-bond acceptors (Lipinski definition) is 4. The lowest BCUT2D eigenvalue weighted by molar-refractivity contribution is 0.0690. The van der Waals surface area contributed by atoms with E-state index in [1.54, 1.807) is 10.9 Å². The van der Waals surface area contributed by atoms with Crippen molar-refractivity contribution < 1.29 is 18.3 Å². The van der Waals surface area contributed by atoms with Gasteiger partial charge >= 0.3 is 5.97 Å². The first kappa shape index (κ1) is 15.1. The Labute approximate surface area is 121 Å². The molecule has 0 spiro atoms. The Morgan fingerprint density at radius 3 is 2.62 bits per heavy atom. The van der Waals surface area contributed by atoms with Crippen LogP contribution in [0.3, 0.4) is 0 Å². The quantitative estimate of drug-likeness (QED) is 0.770. The third-order valence-electron chi connectivity index (χ3n) is 3.06. The van der Waals surface area contributed by atoms with Crippen molar-refractivity contribution in [2.75, 3.05) is 4.72 Å². The number of carbonyl (C=O) groups is 1. The molecule has 0 aromatic carbocycles. The molecule has 0 saturated carbocycles. The number of aromatic amines is 1. The normalized spacial score (nSPS) is 11.6. The van der Waals surface area contributed by atoms with E-state index in [0.717, 1.165) is 0 Å². The molecular weight excluding hydrogens is 296 g/mol. The first-order valence-electron chi connectivity index (χ1n) is 6.24. The molecule has 21 heavy (non-hydrogen) atoms. The van der Waals surface area contributed by atoms with Crippen LogP contribution >= 0.6 is 0 Å². The molecule has 8 nitrogen and oxygen atoms in total. The Hall–Kier alpha value is -2.29. The SMILES string of the molecule is CCn1cc(NS(=O)(=O)c2c(C)[nH]c(C(=O)O)c2C)cn1. The van der Waals surface area contributed by atoms with Gasteiger partial charge in [0.05, 0.1) is 11.9 Å². The van der Waals surface area contributed by atoms with Gasteiger partial charge in [0.15, 0.2) is 0 Å². The van der Waals surface area contributed by atoms with Crippen LogP contribution in [-0.4, -0.2) is 34.3 Å². The van der Waals surface area contributed by atoms with Crippen molar-refractivity contribution in [3.63, 3.8) is 0 Å². The molecule has 0 aliphatic heterocycles. The molecule has 0 bridgehead atoms. The molecule has 0 unspecified atom stereocenters. The number of aromatic nitrogens is 3. The third kappa shape index (κ3) is 2.77. The van der Waals surface area contributed by atoms with Crippen LogP contribution in [0.1, 0.15) is 28.7 Å². The van der Waals surface area contributed by atoms with Gasteiger partial charge in [0.1, 0.15) is 10.6 Å². The van der Waals surface area contributed by atoms with E-state index in [1.807, 2.05) is 6.92 Å². The van der Waals surface area contributed by atoms with Gasteiger partial charge in [-0.25, -0.2) is 13.2 Å². The average molecular weight is 312 g/mol. The van der Waals surface area contributed by atoms with Crippen LogP contribution in [-0.2, 0) is 16.6 Å². The van der Waals surface area contributed by atoms with Gasteiger partial charge in [-0.05, 0) is 20.8 Å². The predicted molar refractivity (Wildman–Crippen MR) is 75.9 cm³/mol. The van der Waals surface area contributed by atoms with Gasteiger partial charge < -0.3 is 10.1 Å². The molecule has 0 fully saturated rings. The Bertz CT molecular complexity index is 788. The summed E-state index contributed by atoms with van der Waals surface area (Å²) in [6, 6.07) is 0. The van der Waals surface area contributed by atoms with Crippen molar-refractivity contribution in [3.8, 4) is 0 Å². The third-order valence-corrected chi connectivity index (χ3v) is 4.71. The predicted octanol–water partition coefficient (Wildman–Crippen LogP) is 1.35. The number of aromatic carboxylic acids is 1. The minimum absolute atomic E-state index is 0.0517. The second kappa shape index (κ2) is 5.24. The van der Waals surface area contributed by atoms with E-state index >= 15 is 0 Å². The lowest BCUT2D eigenvalue weighted by atomic mass is 10.2. The molecule has 9 heteroatoms. The maximum atomic E-state index is 12.4. The van der Waals surface area contributed by atoms with Gasteiger partial charge in [0.2, 0.25) is 0 Å². The molecule has 0 aliphatic rings. The van der Waals surface area contributed by atoms with Gasteiger partial charge in [-0.1, -0.05) is 0 Å². The van der Waals surface area contributed by atoms with Gasteiger partial charge in [-0.3, -0.25) is 9.40 Å². The summed E-state index contributed by atoms with van der Waals surface area (Å²) in [5, 5.41) is 13.0. The number of anilines is 1. The Balaban J connectivity index is 2.42. The molecule has 3 N–H and O–H groups in total. The topological polar surface area (TPSA) is 117 Å². The van der Waals surface area contributed by atoms with Crippen molar-refractivity contribution in [1.29, 1.82) is 0 Å². The number of hydrogen-bond donors (Lipinski definition) is 3. The monoisotopic (exact) mass is 312 g/mol. The minimum atomic E-state index is -3.88. The van der Waals surface area contributed by atoms with Crippen molar-refractivity contribution >= 4 is 21.7 Å². The van der Waals surface area contributed by atoms with Crippen LogP contribution in [0.15, 0.2) is 17.3 Å². The molecule has 2 rings (SSSR count). The van der Waals surface area contributed by atoms with E-state index in [0.29, 0.717) is 12.2 Å². The van der Waals surface area contributed by atoms with Crippen LogP contribution in [0.4, 0.5) is 5.69 Å². The summed E-state index contributed by atoms with van der Waals surface area (Å²) in [6.07, 6.45) is 2.96. The number of rotatable bonds is 5. The van der Waals surface area contributed by atoms with Gasteiger partial charge in [0, 0.05) is 24.0 Å². The lowest BCUT2D eigenvalue weighted by Gasteiger charge is -2.06. The number of H-pyrrole nitrogens is 1. The standard InChI is InChI=1S/C12H16N4O4S/c1-4-16-6-9(5-13-16)15-21(19,20)11-7(2)10(12(17)18)14-8(11)3/h5-6,14-15H,4H2,1-3H3,(H,17,18). The van der Waals surface area contributed by atoms with E-state index in [-0.39, 0.29) is 21.8 Å². The van der Waals surface area contributed by atoms with Crippen molar-refractivity contribution in [3.05, 3.63) is 29.3 Å². The summed E-state index contributed by atoms with van der Waals surface area (Å²) >= 11 is 0. The fourth-order valence-corrected chi connectivity index (χ4v) is 3.62. The van der Waals surface area contributed by atoms with Crippen molar-refractivity contribution in [2.24, 2.45) is 0 Å². The second-order valence-electron chi connectivity index (χ2n) is 4.57. The highest BCUT2D eigenvalue weighted by molar-refractivity contribution is 7.92. The number of aryl methyl sites for hydroxylation is 2. The smallest absolute Gasteiger partial charge is 0.352 e. The van der Waals surface area contributed by atoms with E-state index in [2.05, 4.69) is 14.8 Å². The zero-order valence-electron chi connectivity index (χ0n) is 11.8. The summed E-state index contributed by atoms with van der Waals surface area (Å²) in [4.78, 5) is 13.6. The summed E-state index contributed by atoms with van der Waals surface area (Å²) in [5.41, 5.74) is 0.654. The number of nitrogens with zero attached hydrogens (tertiary/aromatic N) is 2. The van der Waals surface area contributed by atoms with Crippen LogP contribution in [0.5, 0.6) is 0 Å². The highest BCUT2D eigenvalue weighted by atomic mass is 32.2. The molecule has 0 amide bonds. The molecule has 0 aliphatic carbocycles. The largest absolute Gasteiger partial charge is 0.477 e. The molecule has 2 aromatic heterocycles. The fraction of sp³-hybridized carbons (Fsp3) is 0.333. The Kier molecular flexibility index (Phi) is 3.77. The zero-order valence-corrected chi connectivity index (χ0v) is 12.7. The van der Waals surface area contributed by atoms with E-state index in [4.69, 9.17) is 5.11 Å². The van der Waals surface area contributed by atoms with Crippen molar-refractivity contribution in [1.82, 2.24) is 14.8 Å². The van der Waals surface area contributed by atoms with E-state index in [9.17, 15) is 13.2 Å². The number of nitrogens with one attached hydrogen (secondary N) is 2. The molecule has 0 radical (unpaired) electrons. The van der Waals surface area contributed by atoms with Crippen LogP contribution in [0, 0.1) is 13.8 Å². The van der Waals surface area contributed by atoms with Crippen LogP contribution in [0.25, 0.3) is 0 Å². The second-order valence-corrected chi connectivity index (χ2v) is 6.19. The van der Waals surface area contributed by atoms with Crippen LogP contribution in [0.2, 0.25) is 0 Å². The highest BCUT2D eigenvalue weighted by Gasteiger charge is 2.26. The zero-order chi connectivity index (χ0) is 15.8. The first-order valence-corrected chi connectivity index (χ1v) is 7.72. The van der Waals surface area contributed by atoms with Crippen LogP contribution < -0.4 is 4.72 Å². The Morgan fingerprint density at radius 1 is 1.48 bits per heavy atom. The maximum Gasteiger partial charge on any atom is 0.352 e. The van der Waals surface area contributed by atoms with Crippen molar-refractivity contribution in [2.45, 2.75) is 32.2 Å². The number of sulfonamides is 1. The van der Waals surface area contributed by atoms with E-state index < -0.39 is 16.0 Å². The molecule has 2 aromatic rings. The van der Waals surface area contributed by atoms with E-state index in [1.165, 1.54) is 20.0 Å². The minimum Gasteiger partial charge on any atom is -0.477 e. The summed E-state index contributed by atoms with van der Waals surface area (Å²) in [6.45, 7) is 5.47. The highest BCUT2D eigenvalue weighted by Crippen LogP contribution is 2.25. The molecular formula is C12H16N4O4S. The Morgan fingerprint density at radius 2 is 2.14 bits per heavy atom. The first-order chi connectivity index (χ1) is 9.76. The maximum absolute atomic E-state index is 12.4. The molecule has 114 valence electrons. The molecule has 0 saturated heterocycles. The summed E-state index contributed by atoms with van der Waals surface area (Å²) < 4.78 is 28.8. The van der Waals surface area contributed by atoms with Gasteiger partial charge in [0.25, 0.3) is 10.0 Å². The molecule has 2 heterocycles.